The van der Waals surface area contributed by atoms with Crippen LogP contribution >= 0.6 is 23.2 Å². The van der Waals surface area contributed by atoms with Gasteiger partial charge in [0.2, 0.25) is 0 Å². The summed E-state index contributed by atoms with van der Waals surface area (Å²) in [5.41, 5.74) is 6.48. The van der Waals surface area contributed by atoms with E-state index in [0.717, 1.165) is 18.1 Å². The molecule has 5 heteroatoms. The van der Waals surface area contributed by atoms with Gasteiger partial charge in [0.15, 0.2) is 6.79 Å². The molecule has 0 radical (unpaired) electrons. The summed E-state index contributed by atoms with van der Waals surface area (Å²) in [6.45, 7) is 1.50. The highest BCUT2D eigenvalue weighted by atomic mass is 35.5. The van der Waals surface area contributed by atoms with Crippen LogP contribution in [0.25, 0.3) is 0 Å². The Hall–Kier alpha value is -0.480. The van der Waals surface area contributed by atoms with E-state index < -0.39 is 0 Å². The molecule has 0 saturated heterocycles. The molecule has 0 amide bonds. The van der Waals surface area contributed by atoms with Gasteiger partial charge in [0.25, 0.3) is 0 Å². The second kappa shape index (κ2) is 6.62. The Morgan fingerprint density at radius 1 is 1.28 bits per heavy atom. The van der Waals surface area contributed by atoms with E-state index in [4.69, 9.17) is 38.4 Å². The van der Waals surface area contributed by atoms with Crippen molar-refractivity contribution in [2.24, 2.45) is 11.7 Å². The Morgan fingerprint density at radius 2 is 2.06 bits per heavy atom. The predicted molar refractivity (Wildman–Crippen MR) is 73.4 cm³/mol. The molecule has 0 bridgehead atoms. The largest absolute Gasteiger partial charge is 0.466 e. The molecule has 1 saturated carbocycles. The first-order chi connectivity index (χ1) is 8.70. The smallest absolute Gasteiger partial charge is 0.189 e. The third kappa shape index (κ3) is 4.02. The maximum atomic E-state index is 6.12. The van der Waals surface area contributed by atoms with Crippen LogP contribution < -0.4 is 10.5 Å². The Bertz CT molecular complexity index is 408. The van der Waals surface area contributed by atoms with Gasteiger partial charge in [0.05, 0.1) is 11.6 Å². The number of nitrogens with two attached hydrogens (primary N) is 1. The van der Waals surface area contributed by atoms with Crippen molar-refractivity contribution < 1.29 is 9.47 Å². The quantitative estimate of drug-likeness (QED) is 0.619. The second-order valence-corrected chi connectivity index (χ2v) is 5.33. The van der Waals surface area contributed by atoms with Gasteiger partial charge in [-0.25, -0.2) is 0 Å². The van der Waals surface area contributed by atoms with E-state index in [-0.39, 0.29) is 6.79 Å². The first-order valence-electron chi connectivity index (χ1n) is 6.09. The average Bonchev–Trinajstić information content (AvgIpc) is 3.11. The summed E-state index contributed by atoms with van der Waals surface area (Å²) in [7, 11) is 0. The lowest BCUT2D eigenvalue weighted by Crippen LogP contribution is -2.09. The second-order valence-electron chi connectivity index (χ2n) is 4.49. The van der Waals surface area contributed by atoms with Crippen molar-refractivity contribution >= 4 is 23.2 Å². The Balaban J connectivity index is 1.95. The van der Waals surface area contributed by atoms with Crippen LogP contribution in [0.4, 0.5) is 0 Å². The Labute approximate surface area is 117 Å². The minimum Gasteiger partial charge on any atom is -0.466 e. The van der Waals surface area contributed by atoms with Crippen molar-refractivity contribution in [1.29, 1.82) is 0 Å². The van der Waals surface area contributed by atoms with E-state index in [1.54, 1.807) is 6.07 Å². The summed E-state index contributed by atoms with van der Waals surface area (Å²) in [4.78, 5) is 0. The van der Waals surface area contributed by atoms with E-state index >= 15 is 0 Å². The van der Waals surface area contributed by atoms with E-state index in [0.29, 0.717) is 28.8 Å². The zero-order chi connectivity index (χ0) is 13.0. The molecule has 0 aliphatic heterocycles. The molecule has 0 spiro atoms. The molecule has 2 N–H and O–H groups in total. The van der Waals surface area contributed by atoms with Gasteiger partial charge in [-0.2, -0.15) is 0 Å². The third-order valence-corrected chi connectivity index (χ3v) is 3.34. The zero-order valence-corrected chi connectivity index (χ0v) is 11.6. The molecule has 1 aromatic rings. The van der Waals surface area contributed by atoms with E-state index in [1.807, 2.05) is 6.07 Å². The highest BCUT2D eigenvalue weighted by molar-refractivity contribution is 6.35. The molecule has 0 heterocycles. The molecule has 1 fully saturated rings. The number of hydrogen-bond donors (Lipinski definition) is 1. The highest BCUT2D eigenvalue weighted by Gasteiger charge is 2.21. The van der Waals surface area contributed by atoms with Crippen molar-refractivity contribution in [3.63, 3.8) is 0 Å². The minimum absolute atomic E-state index is 0.218. The first-order valence-corrected chi connectivity index (χ1v) is 6.85. The lowest BCUT2D eigenvalue weighted by molar-refractivity contribution is 0.00953. The lowest BCUT2D eigenvalue weighted by Gasteiger charge is -2.13. The fraction of sp³-hybridized carbons (Fsp3) is 0.538. The fourth-order valence-electron chi connectivity index (χ4n) is 1.72. The maximum Gasteiger partial charge on any atom is 0.189 e. The molecular formula is C13H17Cl2NO2. The number of ether oxygens (including phenoxy) is 2. The van der Waals surface area contributed by atoms with Crippen molar-refractivity contribution in [3.8, 4) is 5.75 Å². The summed E-state index contributed by atoms with van der Waals surface area (Å²) >= 11 is 12.1. The van der Waals surface area contributed by atoms with Gasteiger partial charge in [0, 0.05) is 5.02 Å². The SMILES string of the molecule is NCCc1cc(Cl)cc(Cl)c1OCOCC1CC1. The first kappa shape index (κ1) is 13.9. The molecule has 1 aromatic carbocycles. The van der Waals surface area contributed by atoms with Crippen LogP contribution in [0.2, 0.25) is 10.0 Å². The Kier molecular flexibility index (Phi) is 5.13. The molecule has 0 unspecified atom stereocenters. The molecule has 0 aromatic heterocycles. The number of hydrogen-bond acceptors (Lipinski definition) is 3. The number of rotatable bonds is 7. The predicted octanol–water partition coefficient (Wildman–Crippen LogP) is 3.26. The topological polar surface area (TPSA) is 44.5 Å². The van der Waals surface area contributed by atoms with Gasteiger partial charge in [-0.3, -0.25) is 0 Å². The zero-order valence-electron chi connectivity index (χ0n) is 10.1. The summed E-state index contributed by atoms with van der Waals surface area (Å²) in [5.74, 6) is 1.35. The monoisotopic (exact) mass is 289 g/mol. The fourth-order valence-corrected chi connectivity index (χ4v) is 2.31. The summed E-state index contributed by atoms with van der Waals surface area (Å²) < 4.78 is 11.0. The molecular weight excluding hydrogens is 273 g/mol. The molecule has 18 heavy (non-hydrogen) atoms. The van der Waals surface area contributed by atoms with Crippen LogP contribution in [-0.4, -0.2) is 19.9 Å². The third-order valence-electron chi connectivity index (χ3n) is 2.84. The van der Waals surface area contributed by atoms with Gasteiger partial charge < -0.3 is 15.2 Å². The highest BCUT2D eigenvalue weighted by Crippen LogP contribution is 2.33. The van der Waals surface area contributed by atoms with Gasteiger partial charge in [0.1, 0.15) is 5.75 Å². The van der Waals surface area contributed by atoms with Crippen molar-refractivity contribution in [1.82, 2.24) is 0 Å². The van der Waals surface area contributed by atoms with Crippen LogP contribution in [0, 0.1) is 5.92 Å². The van der Waals surface area contributed by atoms with Gasteiger partial charge in [-0.1, -0.05) is 23.2 Å². The summed E-state index contributed by atoms with van der Waals surface area (Å²) in [6.07, 6.45) is 3.21. The normalized spacial score (nSPS) is 14.8. The number of halogens is 2. The summed E-state index contributed by atoms with van der Waals surface area (Å²) in [6, 6.07) is 3.50. The molecule has 1 aliphatic rings. The van der Waals surface area contributed by atoms with Crippen molar-refractivity contribution in [2.75, 3.05) is 19.9 Å². The Morgan fingerprint density at radius 3 is 2.72 bits per heavy atom. The van der Waals surface area contributed by atoms with Crippen LogP contribution in [0.15, 0.2) is 12.1 Å². The van der Waals surface area contributed by atoms with E-state index in [1.165, 1.54) is 12.8 Å². The molecule has 100 valence electrons. The minimum atomic E-state index is 0.218. The lowest BCUT2D eigenvalue weighted by atomic mass is 10.1. The molecule has 0 atom stereocenters. The van der Waals surface area contributed by atoms with E-state index in [2.05, 4.69) is 0 Å². The van der Waals surface area contributed by atoms with Crippen LogP contribution in [0.3, 0.4) is 0 Å². The van der Waals surface area contributed by atoms with Crippen LogP contribution in [0.5, 0.6) is 5.75 Å². The average molecular weight is 290 g/mol. The van der Waals surface area contributed by atoms with Gasteiger partial charge in [-0.15, -0.1) is 0 Å². The molecule has 1 aliphatic carbocycles. The van der Waals surface area contributed by atoms with Gasteiger partial charge >= 0.3 is 0 Å². The molecule has 2 rings (SSSR count). The van der Waals surface area contributed by atoms with Gasteiger partial charge in [-0.05, 0) is 49.4 Å². The van der Waals surface area contributed by atoms with Crippen LogP contribution in [0.1, 0.15) is 18.4 Å². The van der Waals surface area contributed by atoms with Crippen molar-refractivity contribution in [2.45, 2.75) is 19.3 Å². The summed E-state index contributed by atoms with van der Waals surface area (Å²) in [5, 5.41) is 1.09. The number of benzene rings is 1. The standard InChI is InChI=1S/C13H17Cl2NO2/c14-11-5-10(3-4-16)13(12(15)6-11)18-8-17-7-9-1-2-9/h5-6,9H,1-4,7-8,16H2. The van der Waals surface area contributed by atoms with Crippen LogP contribution in [-0.2, 0) is 11.2 Å². The molecule has 3 nitrogen and oxygen atoms in total. The van der Waals surface area contributed by atoms with Crippen molar-refractivity contribution in [3.05, 3.63) is 27.7 Å². The van der Waals surface area contributed by atoms with E-state index in [9.17, 15) is 0 Å². The maximum absolute atomic E-state index is 6.12.